The number of aryl methyl sites for hydroxylation is 3. The molecule has 1 aliphatic rings. The topological polar surface area (TPSA) is 87.6 Å². The van der Waals surface area contributed by atoms with E-state index in [0.29, 0.717) is 42.9 Å². The van der Waals surface area contributed by atoms with Crippen LogP contribution in [0.3, 0.4) is 0 Å². The molecule has 1 atom stereocenters. The Hall–Kier alpha value is -2.55. The molecule has 1 aromatic heterocycles. The van der Waals surface area contributed by atoms with Crippen LogP contribution < -0.4 is 0 Å². The van der Waals surface area contributed by atoms with Crippen LogP contribution in [-0.4, -0.2) is 41.1 Å². The lowest BCUT2D eigenvalue weighted by Gasteiger charge is -2.22. The largest absolute Gasteiger partial charge is 0.477 e. The van der Waals surface area contributed by atoms with Gasteiger partial charge in [0.2, 0.25) is 10.0 Å². The highest BCUT2D eigenvalue weighted by Gasteiger charge is 2.37. The van der Waals surface area contributed by atoms with Crippen LogP contribution in [0.2, 0.25) is 0 Å². The molecule has 1 N–H and O–H groups in total. The quantitative estimate of drug-likeness (QED) is 0.397. The highest BCUT2D eigenvalue weighted by Crippen LogP contribution is 2.38. The number of nitrogens with zero attached hydrogens (tertiary/aromatic N) is 2. The maximum Gasteiger partial charge on any atom is 0.347 e. The molecule has 0 radical (unpaired) electrons. The van der Waals surface area contributed by atoms with Crippen LogP contribution in [0.4, 0.5) is 0 Å². The molecule has 0 saturated carbocycles. The van der Waals surface area contributed by atoms with Crippen molar-refractivity contribution < 1.29 is 18.3 Å². The van der Waals surface area contributed by atoms with Gasteiger partial charge >= 0.3 is 5.97 Å². The minimum absolute atomic E-state index is 0.0828. The van der Waals surface area contributed by atoms with Crippen LogP contribution >= 0.6 is 11.3 Å². The van der Waals surface area contributed by atoms with Gasteiger partial charge in [0.05, 0.1) is 17.5 Å². The van der Waals surface area contributed by atoms with Crippen molar-refractivity contribution in [3.8, 4) is 0 Å². The van der Waals surface area contributed by atoms with Gasteiger partial charge in [-0.1, -0.05) is 60.7 Å². The number of rotatable bonds is 11. The van der Waals surface area contributed by atoms with Crippen molar-refractivity contribution in [3.05, 3.63) is 87.4 Å². The number of hydrogen-bond donors (Lipinski definition) is 1. The van der Waals surface area contributed by atoms with E-state index in [1.165, 1.54) is 5.56 Å². The number of aromatic nitrogens is 1. The molecule has 4 rings (SSSR count). The number of carboxylic acid groups (broad SMARTS) is 1. The van der Waals surface area contributed by atoms with Crippen LogP contribution in [0.5, 0.6) is 0 Å². The van der Waals surface area contributed by atoms with Gasteiger partial charge in [-0.05, 0) is 56.1 Å². The van der Waals surface area contributed by atoms with Crippen LogP contribution in [0.15, 0.2) is 60.7 Å². The monoisotopic (exact) mass is 498 g/mol. The van der Waals surface area contributed by atoms with E-state index >= 15 is 0 Å². The van der Waals surface area contributed by atoms with E-state index in [0.717, 1.165) is 36.2 Å². The maximum absolute atomic E-state index is 13.1. The number of carbonyl (C=O) groups is 1. The summed E-state index contributed by atoms with van der Waals surface area (Å²) >= 11 is 1.13. The molecule has 0 spiro atoms. The van der Waals surface area contributed by atoms with E-state index in [-0.39, 0.29) is 16.7 Å². The third kappa shape index (κ3) is 6.11. The average Bonchev–Trinajstić information content (AvgIpc) is 3.48. The number of carboxylic acids is 1. The van der Waals surface area contributed by atoms with Crippen molar-refractivity contribution in [2.45, 2.75) is 51.0 Å². The summed E-state index contributed by atoms with van der Waals surface area (Å²) < 4.78 is 27.8. The van der Waals surface area contributed by atoms with E-state index in [1.807, 2.05) is 48.5 Å². The zero-order valence-corrected chi connectivity index (χ0v) is 20.7. The summed E-state index contributed by atoms with van der Waals surface area (Å²) in [4.78, 5) is 16.8. The van der Waals surface area contributed by atoms with E-state index in [9.17, 15) is 18.3 Å². The van der Waals surface area contributed by atoms with Crippen molar-refractivity contribution in [1.82, 2.24) is 9.29 Å². The molecular weight excluding hydrogens is 468 g/mol. The summed E-state index contributed by atoms with van der Waals surface area (Å²) in [5, 5.41) is 10.3. The first kappa shape index (κ1) is 24.6. The number of thiazole rings is 1. The second kappa shape index (κ2) is 11.3. The molecule has 2 heterocycles. The molecule has 0 amide bonds. The van der Waals surface area contributed by atoms with E-state index < -0.39 is 16.0 Å². The van der Waals surface area contributed by atoms with Gasteiger partial charge in [0.25, 0.3) is 0 Å². The molecule has 8 heteroatoms. The second-order valence-corrected chi connectivity index (χ2v) is 11.7. The Kier molecular flexibility index (Phi) is 8.13. The normalized spacial score (nSPS) is 16.6. The molecule has 2 aromatic carbocycles. The molecule has 180 valence electrons. The molecule has 0 unspecified atom stereocenters. The average molecular weight is 499 g/mol. The minimum Gasteiger partial charge on any atom is -0.477 e. The fraction of sp³-hybridized carbons (Fsp3) is 0.385. The predicted molar refractivity (Wildman–Crippen MR) is 135 cm³/mol. The van der Waals surface area contributed by atoms with Crippen LogP contribution in [0.1, 0.15) is 63.2 Å². The molecule has 1 aliphatic heterocycles. The molecular formula is C26H30N2O4S2. The molecule has 6 nitrogen and oxygen atoms in total. The first-order valence-electron chi connectivity index (χ1n) is 11.7. The lowest BCUT2D eigenvalue weighted by atomic mass is 10.1. The zero-order chi connectivity index (χ0) is 24.0. The van der Waals surface area contributed by atoms with Gasteiger partial charge in [0.15, 0.2) is 0 Å². The van der Waals surface area contributed by atoms with E-state index in [4.69, 9.17) is 0 Å². The maximum atomic E-state index is 13.1. The second-order valence-electron chi connectivity index (χ2n) is 8.65. The number of aromatic carboxylic acids is 1. The van der Waals surface area contributed by atoms with Gasteiger partial charge in [-0.2, -0.15) is 4.31 Å². The molecule has 1 saturated heterocycles. The molecule has 3 aromatic rings. The summed E-state index contributed by atoms with van der Waals surface area (Å²) in [5.74, 6) is -0.909. The van der Waals surface area contributed by atoms with Crippen molar-refractivity contribution in [2.75, 3.05) is 12.3 Å². The number of hydrogen-bond acceptors (Lipinski definition) is 5. The summed E-state index contributed by atoms with van der Waals surface area (Å²) in [6.45, 7) is 0.462. The highest BCUT2D eigenvalue weighted by atomic mass is 32.2. The lowest BCUT2D eigenvalue weighted by Crippen LogP contribution is -2.32. The predicted octanol–water partition coefficient (Wildman–Crippen LogP) is 5.12. The fourth-order valence-corrected chi connectivity index (χ4v) is 7.40. The third-order valence-corrected chi connectivity index (χ3v) is 9.33. The van der Waals surface area contributed by atoms with Crippen molar-refractivity contribution in [3.63, 3.8) is 0 Å². The van der Waals surface area contributed by atoms with Crippen LogP contribution in [-0.2, 0) is 29.3 Å². The fourth-order valence-electron chi connectivity index (χ4n) is 4.49. The van der Waals surface area contributed by atoms with E-state index in [2.05, 4.69) is 17.1 Å². The first-order valence-corrected chi connectivity index (χ1v) is 14.2. The van der Waals surface area contributed by atoms with Crippen LogP contribution in [0, 0.1) is 0 Å². The molecule has 1 fully saturated rings. The van der Waals surface area contributed by atoms with Crippen molar-refractivity contribution >= 4 is 27.3 Å². The molecule has 0 aliphatic carbocycles. The Bertz CT molecular complexity index is 1190. The lowest BCUT2D eigenvalue weighted by molar-refractivity contribution is 0.0700. The zero-order valence-electron chi connectivity index (χ0n) is 19.1. The van der Waals surface area contributed by atoms with Crippen molar-refractivity contribution in [2.24, 2.45) is 0 Å². The summed E-state index contributed by atoms with van der Waals surface area (Å²) in [5.41, 5.74) is 2.90. The highest BCUT2D eigenvalue weighted by molar-refractivity contribution is 7.89. The Morgan fingerprint density at radius 1 is 0.971 bits per heavy atom. The Balaban J connectivity index is 1.43. The smallest absolute Gasteiger partial charge is 0.347 e. The summed E-state index contributed by atoms with van der Waals surface area (Å²) in [6, 6.07) is 19.6. The van der Waals surface area contributed by atoms with Gasteiger partial charge in [-0.3, -0.25) is 0 Å². The number of benzene rings is 2. The Morgan fingerprint density at radius 2 is 1.59 bits per heavy atom. The Morgan fingerprint density at radius 3 is 2.21 bits per heavy atom. The minimum atomic E-state index is -3.45. The number of sulfonamides is 1. The van der Waals surface area contributed by atoms with Crippen LogP contribution in [0.25, 0.3) is 0 Å². The molecule has 34 heavy (non-hydrogen) atoms. The third-order valence-electron chi connectivity index (χ3n) is 6.19. The van der Waals surface area contributed by atoms with Gasteiger partial charge in [-0.25, -0.2) is 18.2 Å². The van der Waals surface area contributed by atoms with Gasteiger partial charge < -0.3 is 5.11 Å². The SMILES string of the molecule is O=C(O)c1sc([C@@H]2CCCN2S(=O)(=O)CCCc2ccccc2)nc1CCCc1ccccc1. The molecule has 0 bridgehead atoms. The summed E-state index contributed by atoms with van der Waals surface area (Å²) in [6.07, 6.45) is 4.90. The summed E-state index contributed by atoms with van der Waals surface area (Å²) in [7, 11) is -3.45. The standard InChI is InChI=1S/C26H30N2O4S2/c29-26(30)24-22(16-7-14-20-10-3-1-4-11-20)27-25(33-24)23-17-8-18-28(23)34(31,32)19-9-15-21-12-5-2-6-13-21/h1-6,10-13,23H,7-9,14-19H2,(H,29,30)/t23-/m0/s1. The van der Waals surface area contributed by atoms with Gasteiger partial charge in [0.1, 0.15) is 9.88 Å². The van der Waals surface area contributed by atoms with Gasteiger partial charge in [0, 0.05) is 6.54 Å². The van der Waals surface area contributed by atoms with E-state index in [1.54, 1.807) is 4.31 Å². The first-order chi connectivity index (χ1) is 16.4. The van der Waals surface area contributed by atoms with Gasteiger partial charge in [-0.15, -0.1) is 11.3 Å². The van der Waals surface area contributed by atoms with Crippen molar-refractivity contribution in [1.29, 1.82) is 0 Å². The Labute approximate surface area is 205 Å².